The van der Waals surface area contributed by atoms with Crippen molar-refractivity contribution in [2.24, 2.45) is 11.1 Å². The largest absolute Gasteiger partial charge is 0.369 e. The molecule has 0 aromatic heterocycles. The van der Waals surface area contributed by atoms with Gasteiger partial charge in [0.25, 0.3) is 0 Å². The van der Waals surface area contributed by atoms with Gasteiger partial charge in [0.15, 0.2) is 0 Å². The van der Waals surface area contributed by atoms with E-state index in [1.54, 1.807) is 0 Å². The van der Waals surface area contributed by atoms with Gasteiger partial charge in [-0.3, -0.25) is 9.69 Å². The summed E-state index contributed by atoms with van der Waals surface area (Å²) in [6.07, 6.45) is 2.63. The first-order valence-corrected chi connectivity index (χ1v) is 4.16. The number of likely N-dealkylation sites (tertiary alicyclic amines) is 1. The van der Waals surface area contributed by atoms with E-state index in [-0.39, 0.29) is 11.3 Å². The number of nitrogens with two attached hydrogens (primary N) is 1. The van der Waals surface area contributed by atoms with Crippen LogP contribution in [0.15, 0.2) is 0 Å². The van der Waals surface area contributed by atoms with Gasteiger partial charge in [-0.15, -0.1) is 0 Å². The number of nitrogens with zero attached hydrogens (tertiary/aromatic N) is 1. The van der Waals surface area contributed by atoms with E-state index in [2.05, 4.69) is 4.90 Å². The fourth-order valence-electron chi connectivity index (χ4n) is 1.70. The van der Waals surface area contributed by atoms with E-state index >= 15 is 0 Å². The Morgan fingerprint density at radius 3 is 2.45 bits per heavy atom. The lowest BCUT2D eigenvalue weighted by molar-refractivity contribution is -0.136. The maximum atomic E-state index is 10.9. The van der Waals surface area contributed by atoms with E-state index in [9.17, 15) is 4.79 Å². The minimum Gasteiger partial charge on any atom is -0.369 e. The maximum absolute atomic E-state index is 10.9. The molecule has 0 aromatic rings. The smallest absolute Gasteiger partial charge is 0.225 e. The zero-order valence-corrected chi connectivity index (χ0v) is 6.84. The molecule has 0 bridgehead atoms. The van der Waals surface area contributed by atoms with E-state index in [0.717, 1.165) is 19.1 Å². The Kier molecular flexibility index (Phi) is 1.27. The first kappa shape index (κ1) is 7.10. The molecule has 2 N–H and O–H groups in total. The molecule has 62 valence electrons. The van der Waals surface area contributed by atoms with Gasteiger partial charge in [0.2, 0.25) is 5.91 Å². The highest BCUT2D eigenvalue weighted by Gasteiger charge is 2.48. The molecular weight excluding hydrogens is 140 g/mol. The molecule has 0 aromatic carbocycles. The topological polar surface area (TPSA) is 46.3 Å². The molecule has 11 heavy (non-hydrogen) atoms. The predicted octanol–water partition coefficient (Wildman–Crippen LogP) is -0.0440. The van der Waals surface area contributed by atoms with Gasteiger partial charge in [0, 0.05) is 19.1 Å². The highest BCUT2D eigenvalue weighted by Crippen LogP contribution is 2.38. The highest BCUT2D eigenvalue weighted by atomic mass is 16.1. The van der Waals surface area contributed by atoms with Crippen LogP contribution in [0.25, 0.3) is 0 Å². The second-order valence-electron chi connectivity index (χ2n) is 4.06. The van der Waals surface area contributed by atoms with Gasteiger partial charge < -0.3 is 5.73 Å². The maximum Gasteiger partial charge on any atom is 0.225 e. The Labute approximate surface area is 66.5 Å². The van der Waals surface area contributed by atoms with Crippen LogP contribution in [0.3, 0.4) is 0 Å². The van der Waals surface area contributed by atoms with Crippen LogP contribution in [0.2, 0.25) is 0 Å². The Morgan fingerprint density at radius 1 is 1.55 bits per heavy atom. The summed E-state index contributed by atoms with van der Waals surface area (Å²) in [6, 6.07) is 0.780. The van der Waals surface area contributed by atoms with Crippen LogP contribution in [0, 0.1) is 5.41 Å². The molecule has 1 saturated heterocycles. The van der Waals surface area contributed by atoms with E-state index in [1.807, 2.05) is 6.92 Å². The minimum atomic E-state index is -0.220. The van der Waals surface area contributed by atoms with Crippen LogP contribution in [0.1, 0.15) is 19.8 Å². The van der Waals surface area contributed by atoms with Crippen LogP contribution >= 0.6 is 0 Å². The number of primary amides is 1. The molecule has 3 heteroatoms. The van der Waals surface area contributed by atoms with Gasteiger partial charge in [-0.05, 0) is 19.8 Å². The van der Waals surface area contributed by atoms with Crippen LogP contribution in [0.5, 0.6) is 0 Å². The molecule has 2 fully saturated rings. The van der Waals surface area contributed by atoms with E-state index < -0.39 is 0 Å². The lowest BCUT2D eigenvalue weighted by Crippen LogP contribution is -2.61. The number of rotatable bonds is 2. The molecular formula is C8H14N2O. The average Bonchev–Trinajstić information content (AvgIpc) is 2.61. The van der Waals surface area contributed by atoms with Crippen LogP contribution < -0.4 is 5.73 Å². The lowest BCUT2D eigenvalue weighted by Gasteiger charge is -2.46. The van der Waals surface area contributed by atoms with Gasteiger partial charge in [0.1, 0.15) is 0 Å². The minimum absolute atomic E-state index is 0.144. The highest BCUT2D eigenvalue weighted by molar-refractivity contribution is 5.82. The summed E-state index contributed by atoms with van der Waals surface area (Å²) < 4.78 is 0. The van der Waals surface area contributed by atoms with Crippen molar-refractivity contribution in [1.82, 2.24) is 4.90 Å². The number of amides is 1. The number of hydrogen-bond donors (Lipinski definition) is 1. The van der Waals surface area contributed by atoms with E-state index in [4.69, 9.17) is 5.73 Å². The molecule has 1 aliphatic carbocycles. The van der Waals surface area contributed by atoms with E-state index in [0.29, 0.717) is 0 Å². The van der Waals surface area contributed by atoms with Crippen LogP contribution in [-0.2, 0) is 4.79 Å². The summed E-state index contributed by atoms with van der Waals surface area (Å²) in [5, 5.41) is 0. The lowest BCUT2D eigenvalue weighted by atomic mass is 9.81. The Bertz CT molecular complexity index is 192. The Balaban J connectivity index is 1.89. The fourth-order valence-corrected chi connectivity index (χ4v) is 1.70. The third-order valence-electron chi connectivity index (χ3n) is 2.76. The summed E-state index contributed by atoms with van der Waals surface area (Å²) in [5.74, 6) is -0.144. The predicted molar refractivity (Wildman–Crippen MR) is 41.9 cm³/mol. The van der Waals surface area contributed by atoms with Crippen molar-refractivity contribution in [3.63, 3.8) is 0 Å². The second kappa shape index (κ2) is 1.97. The Morgan fingerprint density at radius 2 is 2.09 bits per heavy atom. The van der Waals surface area contributed by atoms with Crippen molar-refractivity contribution in [3.05, 3.63) is 0 Å². The summed E-state index contributed by atoms with van der Waals surface area (Å²) in [7, 11) is 0. The standard InChI is InChI=1S/C8H14N2O/c1-8(7(9)11)4-10(5-8)6-2-3-6/h6H,2-5H2,1H3,(H2,9,11). The van der Waals surface area contributed by atoms with Crippen LogP contribution in [-0.4, -0.2) is 29.9 Å². The van der Waals surface area contributed by atoms with Crippen molar-refractivity contribution in [1.29, 1.82) is 0 Å². The number of carbonyl (C=O) groups is 1. The zero-order valence-electron chi connectivity index (χ0n) is 6.84. The fraction of sp³-hybridized carbons (Fsp3) is 0.875. The normalized spacial score (nSPS) is 29.5. The van der Waals surface area contributed by atoms with Gasteiger partial charge in [0.05, 0.1) is 5.41 Å². The number of carbonyl (C=O) groups excluding carboxylic acids is 1. The third-order valence-corrected chi connectivity index (χ3v) is 2.76. The molecule has 1 aliphatic heterocycles. The molecule has 1 amide bonds. The summed E-state index contributed by atoms with van der Waals surface area (Å²) in [5.41, 5.74) is 5.03. The van der Waals surface area contributed by atoms with Crippen molar-refractivity contribution < 1.29 is 4.79 Å². The molecule has 3 nitrogen and oxygen atoms in total. The van der Waals surface area contributed by atoms with Crippen molar-refractivity contribution in [2.45, 2.75) is 25.8 Å². The quantitative estimate of drug-likeness (QED) is 0.606. The van der Waals surface area contributed by atoms with Crippen molar-refractivity contribution in [3.8, 4) is 0 Å². The SMILES string of the molecule is CC1(C(N)=O)CN(C2CC2)C1. The molecule has 0 spiro atoms. The monoisotopic (exact) mass is 154 g/mol. The first-order valence-electron chi connectivity index (χ1n) is 4.16. The molecule has 0 atom stereocenters. The molecule has 0 unspecified atom stereocenters. The molecule has 2 rings (SSSR count). The third kappa shape index (κ3) is 1.03. The molecule has 1 heterocycles. The van der Waals surface area contributed by atoms with Gasteiger partial charge in [-0.25, -0.2) is 0 Å². The summed E-state index contributed by atoms with van der Waals surface area (Å²) in [4.78, 5) is 13.2. The van der Waals surface area contributed by atoms with Crippen LogP contribution in [0.4, 0.5) is 0 Å². The Hall–Kier alpha value is -0.570. The van der Waals surface area contributed by atoms with Gasteiger partial charge in [-0.2, -0.15) is 0 Å². The van der Waals surface area contributed by atoms with Gasteiger partial charge in [-0.1, -0.05) is 0 Å². The first-order chi connectivity index (χ1) is 5.12. The van der Waals surface area contributed by atoms with Crippen molar-refractivity contribution in [2.75, 3.05) is 13.1 Å². The molecule has 1 saturated carbocycles. The summed E-state index contributed by atoms with van der Waals surface area (Å²) in [6.45, 7) is 3.72. The number of hydrogen-bond acceptors (Lipinski definition) is 2. The zero-order chi connectivity index (χ0) is 8.06. The second-order valence-corrected chi connectivity index (χ2v) is 4.06. The summed E-state index contributed by atoms with van der Waals surface area (Å²) >= 11 is 0. The molecule has 0 radical (unpaired) electrons. The van der Waals surface area contributed by atoms with Gasteiger partial charge >= 0.3 is 0 Å². The molecule has 2 aliphatic rings. The average molecular weight is 154 g/mol. The van der Waals surface area contributed by atoms with E-state index in [1.165, 1.54) is 12.8 Å². The van der Waals surface area contributed by atoms with Crippen molar-refractivity contribution >= 4 is 5.91 Å².